The van der Waals surface area contributed by atoms with Crippen LogP contribution in [0, 0.1) is 6.92 Å². The van der Waals surface area contributed by atoms with E-state index in [9.17, 15) is 4.79 Å². The fraction of sp³-hybridized carbons (Fsp3) is 0.118. The number of carboxylic acids is 1. The molecule has 106 valence electrons. The topological polar surface area (TPSA) is 51.5 Å². The number of carbonyl (C=O) groups is 1. The maximum Gasteiger partial charge on any atom is 0.335 e. The van der Waals surface area contributed by atoms with Crippen LogP contribution in [0.4, 0.5) is 0 Å². The van der Waals surface area contributed by atoms with Crippen molar-refractivity contribution in [1.82, 2.24) is 4.57 Å². The lowest BCUT2D eigenvalue weighted by molar-refractivity contribution is 0.0697. The maximum atomic E-state index is 11.1. The smallest absolute Gasteiger partial charge is 0.335 e. The highest BCUT2D eigenvalue weighted by atomic mass is 16.5. The minimum atomic E-state index is -0.909. The molecule has 0 amide bonds. The molecule has 4 nitrogen and oxygen atoms in total. The van der Waals surface area contributed by atoms with E-state index < -0.39 is 5.97 Å². The third-order valence-corrected chi connectivity index (χ3v) is 3.60. The van der Waals surface area contributed by atoms with E-state index in [0.717, 1.165) is 27.9 Å². The summed E-state index contributed by atoms with van der Waals surface area (Å²) in [5, 5.41) is 10.0. The van der Waals surface area contributed by atoms with Gasteiger partial charge < -0.3 is 14.4 Å². The van der Waals surface area contributed by atoms with Gasteiger partial charge in [0.25, 0.3) is 0 Å². The number of hydrogen-bond donors (Lipinski definition) is 1. The number of aryl methyl sites for hydroxylation is 1. The summed E-state index contributed by atoms with van der Waals surface area (Å²) in [4.78, 5) is 11.1. The summed E-state index contributed by atoms with van der Waals surface area (Å²) < 4.78 is 7.22. The van der Waals surface area contributed by atoms with Crippen LogP contribution < -0.4 is 4.74 Å². The summed E-state index contributed by atoms with van der Waals surface area (Å²) in [6, 6.07) is 12.9. The molecule has 0 bridgehead atoms. The number of aromatic nitrogens is 1. The summed E-state index contributed by atoms with van der Waals surface area (Å²) >= 11 is 0. The van der Waals surface area contributed by atoms with Crippen molar-refractivity contribution in [2.24, 2.45) is 0 Å². The third kappa shape index (κ3) is 2.25. The Morgan fingerprint density at radius 1 is 1.14 bits per heavy atom. The number of nitrogens with zero attached hydrogens (tertiary/aromatic N) is 1. The molecule has 0 aliphatic rings. The number of hydrogen-bond acceptors (Lipinski definition) is 2. The Hall–Kier alpha value is -2.75. The highest BCUT2D eigenvalue weighted by Gasteiger charge is 2.10. The average molecular weight is 281 g/mol. The first kappa shape index (κ1) is 13.2. The summed E-state index contributed by atoms with van der Waals surface area (Å²) in [6.07, 6.45) is 2.01. The molecule has 3 rings (SSSR count). The molecule has 0 aliphatic heterocycles. The van der Waals surface area contributed by atoms with Crippen molar-refractivity contribution < 1.29 is 14.6 Å². The van der Waals surface area contributed by atoms with E-state index in [4.69, 9.17) is 9.84 Å². The molecule has 0 atom stereocenters. The number of benzene rings is 2. The Kier molecular flexibility index (Phi) is 3.14. The van der Waals surface area contributed by atoms with Gasteiger partial charge in [-0.3, -0.25) is 0 Å². The van der Waals surface area contributed by atoms with Crippen LogP contribution in [0.2, 0.25) is 0 Å². The molecule has 4 heteroatoms. The van der Waals surface area contributed by atoms with Crippen molar-refractivity contribution in [3.05, 3.63) is 59.8 Å². The molecule has 0 fully saturated rings. The average Bonchev–Trinajstić information content (AvgIpc) is 2.84. The first-order valence-electron chi connectivity index (χ1n) is 6.59. The molecule has 0 radical (unpaired) electrons. The van der Waals surface area contributed by atoms with Gasteiger partial charge >= 0.3 is 5.97 Å². The number of aromatic carboxylic acids is 1. The van der Waals surface area contributed by atoms with Crippen LogP contribution >= 0.6 is 0 Å². The molecule has 3 aromatic rings. The summed E-state index contributed by atoms with van der Waals surface area (Å²) in [5.74, 6) is -0.103. The lowest BCUT2D eigenvalue weighted by Gasteiger charge is -2.07. The Morgan fingerprint density at radius 3 is 2.48 bits per heavy atom. The van der Waals surface area contributed by atoms with E-state index in [0.29, 0.717) is 5.56 Å². The fourth-order valence-corrected chi connectivity index (χ4v) is 2.48. The van der Waals surface area contributed by atoms with E-state index in [2.05, 4.69) is 4.57 Å². The number of methoxy groups -OCH3 is 1. The van der Waals surface area contributed by atoms with Gasteiger partial charge in [0, 0.05) is 17.3 Å². The van der Waals surface area contributed by atoms with Crippen LogP contribution in [-0.4, -0.2) is 22.8 Å². The zero-order valence-corrected chi connectivity index (χ0v) is 11.8. The Morgan fingerprint density at radius 2 is 1.86 bits per heavy atom. The zero-order chi connectivity index (χ0) is 15.0. The van der Waals surface area contributed by atoms with Gasteiger partial charge in [-0.2, -0.15) is 0 Å². The van der Waals surface area contributed by atoms with E-state index in [1.165, 1.54) is 0 Å². The molecule has 0 aliphatic carbocycles. The molecule has 0 spiro atoms. The van der Waals surface area contributed by atoms with E-state index >= 15 is 0 Å². The highest BCUT2D eigenvalue weighted by Crippen LogP contribution is 2.26. The van der Waals surface area contributed by atoms with Gasteiger partial charge in [0.05, 0.1) is 18.2 Å². The zero-order valence-electron chi connectivity index (χ0n) is 11.8. The SMILES string of the molecule is COc1ccc(-n2cc(C)c3cc(C(=O)O)ccc32)cc1. The second-order valence-electron chi connectivity index (χ2n) is 4.92. The molecular weight excluding hydrogens is 266 g/mol. The van der Waals surface area contributed by atoms with Gasteiger partial charge in [-0.25, -0.2) is 4.79 Å². The fourth-order valence-electron chi connectivity index (χ4n) is 2.48. The standard InChI is InChI=1S/C17H15NO3/c1-11-10-18(13-4-6-14(21-2)7-5-13)16-8-3-12(17(19)20)9-15(11)16/h3-10H,1-2H3,(H,19,20). The molecule has 21 heavy (non-hydrogen) atoms. The molecule has 0 saturated heterocycles. The van der Waals surface area contributed by atoms with Crippen molar-refractivity contribution in [2.45, 2.75) is 6.92 Å². The quantitative estimate of drug-likeness (QED) is 0.797. The van der Waals surface area contributed by atoms with Crippen LogP contribution in [0.5, 0.6) is 5.75 Å². The van der Waals surface area contributed by atoms with Gasteiger partial charge in [0.2, 0.25) is 0 Å². The second kappa shape index (κ2) is 4.98. The van der Waals surface area contributed by atoms with Crippen molar-refractivity contribution in [2.75, 3.05) is 7.11 Å². The predicted octanol–water partition coefficient (Wildman–Crippen LogP) is 3.65. The Labute approximate surface area is 122 Å². The first-order chi connectivity index (χ1) is 10.1. The second-order valence-corrected chi connectivity index (χ2v) is 4.92. The molecular formula is C17H15NO3. The number of ether oxygens (including phenoxy) is 1. The minimum Gasteiger partial charge on any atom is -0.497 e. The van der Waals surface area contributed by atoms with Crippen molar-refractivity contribution in [3.63, 3.8) is 0 Å². The highest BCUT2D eigenvalue weighted by molar-refractivity contribution is 5.95. The van der Waals surface area contributed by atoms with E-state index in [-0.39, 0.29) is 0 Å². The molecule has 0 unspecified atom stereocenters. The van der Waals surface area contributed by atoms with Crippen LogP contribution in [0.3, 0.4) is 0 Å². The van der Waals surface area contributed by atoms with Crippen molar-refractivity contribution in [1.29, 1.82) is 0 Å². The molecule has 0 saturated carbocycles. The summed E-state index contributed by atoms with van der Waals surface area (Å²) in [6.45, 7) is 1.98. The van der Waals surface area contributed by atoms with Gasteiger partial charge in [0.15, 0.2) is 0 Å². The summed E-state index contributed by atoms with van der Waals surface area (Å²) in [7, 11) is 1.64. The molecule has 1 heterocycles. The van der Waals surface area contributed by atoms with Crippen LogP contribution in [0.15, 0.2) is 48.7 Å². The van der Waals surface area contributed by atoms with Gasteiger partial charge in [0.1, 0.15) is 5.75 Å². The minimum absolute atomic E-state index is 0.304. The first-order valence-corrected chi connectivity index (χ1v) is 6.59. The molecule has 2 aromatic carbocycles. The lowest BCUT2D eigenvalue weighted by Crippen LogP contribution is -1.96. The number of fused-ring (bicyclic) bond motifs is 1. The monoisotopic (exact) mass is 281 g/mol. The van der Waals surface area contributed by atoms with Crippen molar-refractivity contribution in [3.8, 4) is 11.4 Å². The third-order valence-electron chi connectivity index (χ3n) is 3.60. The van der Waals surface area contributed by atoms with Gasteiger partial charge in [-0.05, 0) is 55.0 Å². The van der Waals surface area contributed by atoms with Crippen LogP contribution in [-0.2, 0) is 0 Å². The van der Waals surface area contributed by atoms with E-state index in [1.54, 1.807) is 19.2 Å². The maximum absolute atomic E-state index is 11.1. The van der Waals surface area contributed by atoms with Gasteiger partial charge in [-0.15, -0.1) is 0 Å². The largest absolute Gasteiger partial charge is 0.497 e. The molecule has 1 aromatic heterocycles. The molecule has 1 N–H and O–H groups in total. The summed E-state index contributed by atoms with van der Waals surface area (Å²) in [5.41, 5.74) is 3.35. The van der Waals surface area contributed by atoms with E-state index in [1.807, 2.05) is 43.5 Å². The Bertz CT molecular complexity index is 816. The lowest BCUT2D eigenvalue weighted by atomic mass is 10.1. The predicted molar refractivity (Wildman–Crippen MR) is 81.5 cm³/mol. The van der Waals surface area contributed by atoms with Crippen LogP contribution in [0.25, 0.3) is 16.6 Å². The number of carboxylic acid groups (broad SMARTS) is 1. The normalized spacial score (nSPS) is 10.8. The van der Waals surface area contributed by atoms with Crippen molar-refractivity contribution >= 4 is 16.9 Å². The number of rotatable bonds is 3. The Balaban J connectivity index is 2.16. The van der Waals surface area contributed by atoms with Gasteiger partial charge in [-0.1, -0.05) is 0 Å². The van der Waals surface area contributed by atoms with Crippen LogP contribution in [0.1, 0.15) is 15.9 Å².